The molecule has 1 aromatic carbocycles. The van der Waals surface area contributed by atoms with Gasteiger partial charge >= 0.3 is 6.43 Å². The molecule has 2 aliphatic heterocycles. The number of benzene rings is 1. The van der Waals surface area contributed by atoms with Gasteiger partial charge in [0, 0.05) is 69.5 Å². The molecule has 2 N–H and O–H groups in total. The van der Waals surface area contributed by atoms with E-state index in [1.165, 1.54) is 4.90 Å². The summed E-state index contributed by atoms with van der Waals surface area (Å²) in [6.07, 6.45) is 0.408. The lowest BCUT2D eigenvalue weighted by molar-refractivity contribution is -0.143. The highest BCUT2D eigenvalue weighted by Crippen LogP contribution is 2.27. The van der Waals surface area contributed by atoms with Crippen LogP contribution in [0.3, 0.4) is 0 Å². The first kappa shape index (κ1) is 23.3. The third-order valence-corrected chi connectivity index (χ3v) is 6.26. The van der Waals surface area contributed by atoms with Gasteiger partial charge in [-0.05, 0) is 18.2 Å². The number of hydrogen-bond donors (Lipinski definition) is 2. The summed E-state index contributed by atoms with van der Waals surface area (Å²) in [6.45, 7) is 4.51. The Morgan fingerprint density at radius 2 is 1.91 bits per heavy atom. The van der Waals surface area contributed by atoms with Crippen molar-refractivity contribution in [3.63, 3.8) is 0 Å². The van der Waals surface area contributed by atoms with E-state index in [1.807, 2.05) is 30.3 Å². The average Bonchev–Trinajstić information content (AvgIpc) is 2.92. The van der Waals surface area contributed by atoms with Crippen molar-refractivity contribution in [2.24, 2.45) is 0 Å². The highest BCUT2D eigenvalue weighted by atomic mass is 19.3. The lowest BCUT2D eigenvalue weighted by atomic mass is 10.1. The number of rotatable bonds is 6. The van der Waals surface area contributed by atoms with Crippen LogP contribution in [-0.4, -0.2) is 90.7 Å². The van der Waals surface area contributed by atoms with Gasteiger partial charge in [0.2, 0.25) is 0 Å². The standard InChI is InChI=1S/C24H27F2N7O2/c25-22(26)24(34)33-10-8-32(9-11-33)17-3-1-16(2-4-17)19-13-20-21(29-6-5-28-20)23(31-19)30-15-18-14-27-7-12-35-18/h1-6,13,18,22,27H,7-12,14-15H2,(H,30,31)/t18-/m0/s1. The summed E-state index contributed by atoms with van der Waals surface area (Å²) in [6, 6.07) is 9.84. The molecule has 0 aliphatic carbocycles. The number of pyridine rings is 1. The van der Waals surface area contributed by atoms with Crippen molar-refractivity contribution in [2.75, 3.05) is 62.6 Å². The summed E-state index contributed by atoms with van der Waals surface area (Å²) in [5.74, 6) is -0.440. The number of nitrogens with one attached hydrogen (secondary N) is 2. The molecule has 2 aliphatic rings. The second-order valence-electron chi connectivity index (χ2n) is 8.52. The Bertz CT molecular complexity index is 1160. The highest BCUT2D eigenvalue weighted by Gasteiger charge is 2.27. The van der Waals surface area contributed by atoms with E-state index in [4.69, 9.17) is 9.72 Å². The van der Waals surface area contributed by atoms with Crippen molar-refractivity contribution in [1.82, 2.24) is 25.2 Å². The molecule has 0 saturated carbocycles. The van der Waals surface area contributed by atoms with Gasteiger partial charge in [-0.2, -0.15) is 8.78 Å². The van der Waals surface area contributed by atoms with E-state index in [0.29, 0.717) is 37.6 Å². The Balaban J connectivity index is 1.31. The molecular weight excluding hydrogens is 456 g/mol. The maximum absolute atomic E-state index is 12.7. The molecule has 2 aromatic heterocycles. The van der Waals surface area contributed by atoms with Crippen molar-refractivity contribution in [3.8, 4) is 11.3 Å². The van der Waals surface area contributed by atoms with E-state index in [2.05, 4.69) is 25.5 Å². The first-order chi connectivity index (χ1) is 17.1. The van der Waals surface area contributed by atoms with Crippen molar-refractivity contribution in [1.29, 1.82) is 0 Å². The molecule has 1 atom stereocenters. The van der Waals surface area contributed by atoms with Crippen LogP contribution in [0.25, 0.3) is 22.3 Å². The van der Waals surface area contributed by atoms with E-state index in [9.17, 15) is 13.6 Å². The summed E-state index contributed by atoms with van der Waals surface area (Å²) in [5, 5.41) is 6.70. The zero-order valence-corrected chi connectivity index (χ0v) is 19.2. The second kappa shape index (κ2) is 10.4. The summed E-state index contributed by atoms with van der Waals surface area (Å²) >= 11 is 0. The van der Waals surface area contributed by atoms with Crippen LogP contribution in [-0.2, 0) is 9.53 Å². The Labute approximate surface area is 201 Å². The monoisotopic (exact) mass is 483 g/mol. The van der Waals surface area contributed by atoms with Crippen molar-refractivity contribution >= 4 is 28.4 Å². The number of amides is 1. The van der Waals surface area contributed by atoms with E-state index in [1.54, 1.807) is 12.4 Å². The highest BCUT2D eigenvalue weighted by molar-refractivity contribution is 5.88. The molecule has 0 unspecified atom stereocenters. The molecule has 0 spiro atoms. The predicted molar refractivity (Wildman–Crippen MR) is 129 cm³/mol. The number of carbonyl (C=O) groups excluding carboxylic acids is 1. The molecule has 1 amide bonds. The number of anilines is 2. The van der Waals surface area contributed by atoms with Gasteiger partial charge in [-0.15, -0.1) is 0 Å². The summed E-state index contributed by atoms with van der Waals surface area (Å²) in [4.78, 5) is 28.6. The Kier molecular flexibility index (Phi) is 6.96. The maximum atomic E-state index is 12.7. The van der Waals surface area contributed by atoms with Crippen LogP contribution >= 0.6 is 0 Å². The van der Waals surface area contributed by atoms with Crippen LogP contribution in [0.1, 0.15) is 0 Å². The fraction of sp³-hybridized carbons (Fsp3) is 0.417. The topological polar surface area (TPSA) is 95.5 Å². The minimum Gasteiger partial charge on any atom is -0.374 e. The number of alkyl halides is 2. The number of aromatic nitrogens is 3. The molecule has 184 valence electrons. The van der Waals surface area contributed by atoms with Gasteiger partial charge in [0.1, 0.15) is 5.52 Å². The SMILES string of the molecule is O=C(C(F)F)N1CCN(c2ccc(-c3cc4nccnc4c(NC[C@@H]4CNCCO4)n3)cc2)CC1. The fourth-order valence-corrected chi connectivity index (χ4v) is 4.37. The number of halogens is 2. The van der Waals surface area contributed by atoms with Crippen LogP contribution in [0.4, 0.5) is 20.3 Å². The number of ether oxygens (including phenoxy) is 1. The number of hydrogen-bond acceptors (Lipinski definition) is 8. The normalized spacial score (nSPS) is 18.8. The van der Waals surface area contributed by atoms with Gasteiger partial charge < -0.3 is 25.2 Å². The van der Waals surface area contributed by atoms with E-state index >= 15 is 0 Å². The van der Waals surface area contributed by atoms with Gasteiger partial charge in [0.25, 0.3) is 5.91 Å². The third kappa shape index (κ3) is 5.30. The fourth-order valence-electron chi connectivity index (χ4n) is 4.37. The molecule has 2 saturated heterocycles. The quantitative estimate of drug-likeness (QED) is 0.550. The van der Waals surface area contributed by atoms with Gasteiger partial charge in [0.15, 0.2) is 5.82 Å². The lowest BCUT2D eigenvalue weighted by Gasteiger charge is -2.36. The average molecular weight is 484 g/mol. The van der Waals surface area contributed by atoms with Gasteiger partial charge in [-0.1, -0.05) is 12.1 Å². The first-order valence-corrected chi connectivity index (χ1v) is 11.7. The molecule has 11 heteroatoms. The molecule has 0 radical (unpaired) electrons. The summed E-state index contributed by atoms with van der Waals surface area (Å²) in [7, 11) is 0. The number of piperazine rings is 1. The van der Waals surface area contributed by atoms with Crippen molar-refractivity contribution in [2.45, 2.75) is 12.5 Å². The van der Waals surface area contributed by atoms with Gasteiger partial charge in [-0.3, -0.25) is 9.78 Å². The zero-order valence-electron chi connectivity index (χ0n) is 19.2. The molecule has 35 heavy (non-hydrogen) atoms. The summed E-state index contributed by atoms with van der Waals surface area (Å²) < 4.78 is 31.1. The van der Waals surface area contributed by atoms with Crippen LogP contribution in [0.5, 0.6) is 0 Å². The predicted octanol–water partition coefficient (Wildman–Crippen LogP) is 2.01. The summed E-state index contributed by atoms with van der Waals surface area (Å²) in [5.41, 5.74) is 4.10. The lowest BCUT2D eigenvalue weighted by Crippen LogP contribution is -2.50. The molecule has 3 aromatic rings. The van der Waals surface area contributed by atoms with E-state index in [-0.39, 0.29) is 19.2 Å². The van der Waals surface area contributed by atoms with Gasteiger partial charge in [-0.25, -0.2) is 9.97 Å². The first-order valence-electron chi connectivity index (χ1n) is 11.7. The molecular formula is C24H27F2N7O2. The Morgan fingerprint density at radius 1 is 1.14 bits per heavy atom. The molecule has 9 nitrogen and oxygen atoms in total. The number of morpholine rings is 1. The minimum atomic E-state index is -2.95. The number of carbonyl (C=O) groups is 1. The Hall–Kier alpha value is -3.44. The van der Waals surface area contributed by atoms with E-state index in [0.717, 1.165) is 35.6 Å². The van der Waals surface area contributed by atoms with Crippen LogP contribution in [0, 0.1) is 0 Å². The molecule has 0 bridgehead atoms. The van der Waals surface area contributed by atoms with Crippen molar-refractivity contribution in [3.05, 3.63) is 42.7 Å². The minimum absolute atomic E-state index is 0.0525. The smallest absolute Gasteiger partial charge is 0.315 e. The van der Waals surface area contributed by atoms with Crippen molar-refractivity contribution < 1.29 is 18.3 Å². The zero-order chi connectivity index (χ0) is 24.2. The number of fused-ring (bicyclic) bond motifs is 1. The van der Waals surface area contributed by atoms with E-state index < -0.39 is 12.3 Å². The second-order valence-corrected chi connectivity index (χ2v) is 8.52. The molecule has 2 fully saturated rings. The Morgan fingerprint density at radius 3 is 2.63 bits per heavy atom. The third-order valence-electron chi connectivity index (χ3n) is 6.26. The van der Waals surface area contributed by atoms with Crippen LogP contribution < -0.4 is 15.5 Å². The maximum Gasteiger partial charge on any atom is 0.315 e. The largest absolute Gasteiger partial charge is 0.374 e. The molecule has 4 heterocycles. The van der Waals surface area contributed by atoms with Gasteiger partial charge in [0.05, 0.1) is 23.9 Å². The number of nitrogens with zero attached hydrogens (tertiary/aromatic N) is 5. The molecule has 5 rings (SSSR count). The van der Waals surface area contributed by atoms with Crippen LogP contribution in [0.2, 0.25) is 0 Å². The van der Waals surface area contributed by atoms with Crippen LogP contribution in [0.15, 0.2) is 42.7 Å².